The fraction of sp³-hybridized carbons (Fsp3) is 0.375. The van der Waals surface area contributed by atoms with Crippen molar-refractivity contribution in [2.75, 3.05) is 31.6 Å². The van der Waals surface area contributed by atoms with Crippen LogP contribution >= 0.6 is 0 Å². The number of morpholine rings is 1. The summed E-state index contributed by atoms with van der Waals surface area (Å²) in [5, 5.41) is 9.45. The number of nitrogens with one attached hydrogen (secondary N) is 2. The molecule has 3 rings (SSSR count). The van der Waals surface area contributed by atoms with Crippen molar-refractivity contribution in [1.82, 2.24) is 5.32 Å². The fourth-order valence-corrected chi connectivity index (χ4v) is 2.55. The molecular weight excluding hydrogens is 236 g/mol. The molecule has 0 spiro atoms. The van der Waals surface area contributed by atoms with E-state index in [9.17, 15) is 0 Å². The Morgan fingerprint density at radius 3 is 2.95 bits per heavy atom. The SMILES string of the molecule is c1ccc2c(NCCC3CNCCO3)cccc2c1. The molecule has 0 bridgehead atoms. The van der Waals surface area contributed by atoms with Crippen molar-refractivity contribution in [2.45, 2.75) is 12.5 Å². The van der Waals surface area contributed by atoms with Crippen LogP contribution in [0.3, 0.4) is 0 Å². The maximum Gasteiger partial charge on any atom is 0.0716 e. The van der Waals surface area contributed by atoms with Crippen LogP contribution in [0.1, 0.15) is 6.42 Å². The molecule has 100 valence electrons. The Bertz CT molecular complexity index is 530. The summed E-state index contributed by atoms with van der Waals surface area (Å²) in [4.78, 5) is 0. The molecule has 1 unspecified atom stereocenters. The Morgan fingerprint density at radius 2 is 2.05 bits per heavy atom. The maximum atomic E-state index is 5.70. The van der Waals surface area contributed by atoms with Gasteiger partial charge in [0, 0.05) is 30.7 Å². The van der Waals surface area contributed by atoms with Gasteiger partial charge in [-0.3, -0.25) is 0 Å². The molecular formula is C16H20N2O. The van der Waals surface area contributed by atoms with Crippen molar-refractivity contribution in [3.8, 4) is 0 Å². The number of benzene rings is 2. The lowest BCUT2D eigenvalue weighted by molar-refractivity contribution is 0.0258. The summed E-state index contributed by atoms with van der Waals surface area (Å²) in [6.45, 7) is 3.73. The first-order chi connectivity index (χ1) is 9.43. The van der Waals surface area contributed by atoms with Gasteiger partial charge < -0.3 is 15.4 Å². The highest BCUT2D eigenvalue weighted by atomic mass is 16.5. The van der Waals surface area contributed by atoms with Crippen LogP contribution in [0, 0.1) is 0 Å². The molecule has 0 aliphatic carbocycles. The number of ether oxygens (including phenoxy) is 1. The number of rotatable bonds is 4. The molecule has 2 aromatic carbocycles. The molecule has 1 aliphatic heterocycles. The van der Waals surface area contributed by atoms with Gasteiger partial charge in [-0.15, -0.1) is 0 Å². The summed E-state index contributed by atoms with van der Waals surface area (Å²) >= 11 is 0. The van der Waals surface area contributed by atoms with Crippen molar-refractivity contribution < 1.29 is 4.74 Å². The zero-order valence-electron chi connectivity index (χ0n) is 11.1. The molecule has 2 N–H and O–H groups in total. The summed E-state index contributed by atoms with van der Waals surface area (Å²) in [5.41, 5.74) is 1.21. The molecule has 2 aromatic rings. The van der Waals surface area contributed by atoms with E-state index in [0.717, 1.165) is 32.7 Å². The van der Waals surface area contributed by atoms with Gasteiger partial charge >= 0.3 is 0 Å². The Hall–Kier alpha value is -1.58. The van der Waals surface area contributed by atoms with E-state index in [1.807, 2.05) is 0 Å². The van der Waals surface area contributed by atoms with E-state index in [2.05, 4.69) is 53.1 Å². The van der Waals surface area contributed by atoms with E-state index >= 15 is 0 Å². The predicted molar refractivity (Wildman–Crippen MR) is 79.7 cm³/mol. The standard InChI is InChI=1S/C16H20N2O/c1-2-6-15-13(4-1)5-3-7-16(15)18-9-8-14-12-17-10-11-19-14/h1-7,14,17-18H,8-12H2. The van der Waals surface area contributed by atoms with Crippen molar-refractivity contribution in [3.05, 3.63) is 42.5 Å². The number of fused-ring (bicyclic) bond motifs is 1. The van der Waals surface area contributed by atoms with E-state index in [4.69, 9.17) is 4.74 Å². The molecule has 1 fully saturated rings. The maximum absolute atomic E-state index is 5.70. The number of anilines is 1. The summed E-state index contributed by atoms with van der Waals surface area (Å²) < 4.78 is 5.70. The van der Waals surface area contributed by atoms with E-state index in [1.165, 1.54) is 16.5 Å². The van der Waals surface area contributed by atoms with E-state index in [0.29, 0.717) is 6.10 Å². The molecule has 0 saturated carbocycles. The molecule has 0 aromatic heterocycles. The van der Waals surface area contributed by atoms with Gasteiger partial charge in [0.15, 0.2) is 0 Å². The minimum absolute atomic E-state index is 0.344. The Balaban J connectivity index is 1.62. The average Bonchev–Trinajstić information content (AvgIpc) is 2.49. The van der Waals surface area contributed by atoms with Crippen molar-refractivity contribution in [2.24, 2.45) is 0 Å². The number of hydrogen-bond acceptors (Lipinski definition) is 3. The second-order valence-electron chi connectivity index (χ2n) is 4.94. The third-order valence-electron chi connectivity index (χ3n) is 3.58. The van der Waals surface area contributed by atoms with Crippen molar-refractivity contribution in [3.63, 3.8) is 0 Å². The lowest BCUT2D eigenvalue weighted by Crippen LogP contribution is -2.39. The van der Waals surface area contributed by atoms with Crippen LogP contribution in [0.15, 0.2) is 42.5 Å². The Labute approximate surface area is 114 Å². The lowest BCUT2D eigenvalue weighted by Gasteiger charge is -2.23. The van der Waals surface area contributed by atoms with Gasteiger partial charge in [0.1, 0.15) is 0 Å². The quantitative estimate of drug-likeness (QED) is 0.882. The molecule has 0 amide bonds. The van der Waals surface area contributed by atoms with E-state index in [1.54, 1.807) is 0 Å². The van der Waals surface area contributed by atoms with Crippen LogP contribution in [-0.4, -0.2) is 32.3 Å². The zero-order chi connectivity index (χ0) is 12.9. The molecule has 1 aliphatic rings. The van der Waals surface area contributed by atoms with E-state index in [-0.39, 0.29) is 0 Å². The topological polar surface area (TPSA) is 33.3 Å². The van der Waals surface area contributed by atoms with Gasteiger partial charge in [0.2, 0.25) is 0 Å². The third-order valence-corrected chi connectivity index (χ3v) is 3.58. The van der Waals surface area contributed by atoms with Crippen LogP contribution < -0.4 is 10.6 Å². The van der Waals surface area contributed by atoms with Crippen LogP contribution in [0.25, 0.3) is 10.8 Å². The normalized spacial score (nSPS) is 19.5. The molecule has 19 heavy (non-hydrogen) atoms. The Morgan fingerprint density at radius 1 is 1.16 bits per heavy atom. The van der Waals surface area contributed by atoms with Gasteiger partial charge in [-0.1, -0.05) is 36.4 Å². The summed E-state index contributed by atoms with van der Waals surface area (Å²) in [5.74, 6) is 0. The molecule has 3 nitrogen and oxygen atoms in total. The fourth-order valence-electron chi connectivity index (χ4n) is 2.55. The van der Waals surface area contributed by atoms with Crippen molar-refractivity contribution >= 4 is 16.5 Å². The highest BCUT2D eigenvalue weighted by molar-refractivity contribution is 5.93. The number of hydrogen-bond donors (Lipinski definition) is 2. The van der Waals surface area contributed by atoms with Gasteiger partial charge in [0.05, 0.1) is 12.7 Å². The summed E-state index contributed by atoms with van der Waals surface area (Å²) in [6, 6.07) is 14.9. The van der Waals surface area contributed by atoms with Crippen LogP contribution in [0.4, 0.5) is 5.69 Å². The second kappa shape index (κ2) is 6.04. The van der Waals surface area contributed by atoms with Crippen LogP contribution in [0.5, 0.6) is 0 Å². The minimum atomic E-state index is 0.344. The van der Waals surface area contributed by atoms with Gasteiger partial charge in [-0.2, -0.15) is 0 Å². The average molecular weight is 256 g/mol. The molecule has 3 heteroatoms. The second-order valence-corrected chi connectivity index (χ2v) is 4.94. The molecule has 1 saturated heterocycles. The van der Waals surface area contributed by atoms with E-state index < -0.39 is 0 Å². The Kier molecular flexibility index (Phi) is 3.96. The monoisotopic (exact) mass is 256 g/mol. The smallest absolute Gasteiger partial charge is 0.0716 e. The highest BCUT2D eigenvalue weighted by Crippen LogP contribution is 2.22. The van der Waals surface area contributed by atoms with Crippen molar-refractivity contribution in [1.29, 1.82) is 0 Å². The summed E-state index contributed by atoms with van der Waals surface area (Å²) in [6.07, 6.45) is 1.38. The predicted octanol–water partition coefficient (Wildman–Crippen LogP) is 2.63. The minimum Gasteiger partial charge on any atom is -0.384 e. The largest absolute Gasteiger partial charge is 0.384 e. The summed E-state index contributed by atoms with van der Waals surface area (Å²) in [7, 11) is 0. The lowest BCUT2D eigenvalue weighted by atomic mass is 10.1. The third kappa shape index (κ3) is 3.06. The molecule has 0 radical (unpaired) electrons. The first kappa shape index (κ1) is 12.5. The molecule has 1 atom stereocenters. The van der Waals surface area contributed by atoms with Crippen LogP contribution in [-0.2, 0) is 4.74 Å². The van der Waals surface area contributed by atoms with Gasteiger partial charge in [-0.05, 0) is 17.9 Å². The first-order valence-corrected chi connectivity index (χ1v) is 6.97. The van der Waals surface area contributed by atoms with Crippen LogP contribution in [0.2, 0.25) is 0 Å². The highest BCUT2D eigenvalue weighted by Gasteiger charge is 2.12. The zero-order valence-corrected chi connectivity index (χ0v) is 11.1. The van der Waals surface area contributed by atoms with Gasteiger partial charge in [0.25, 0.3) is 0 Å². The van der Waals surface area contributed by atoms with Gasteiger partial charge in [-0.25, -0.2) is 0 Å². The first-order valence-electron chi connectivity index (χ1n) is 6.97. The molecule has 1 heterocycles.